The lowest BCUT2D eigenvalue weighted by molar-refractivity contribution is 0.627. The zero-order valence-electron chi connectivity index (χ0n) is 9.75. The van der Waals surface area contributed by atoms with Gasteiger partial charge in [-0.05, 0) is 58.7 Å². The third-order valence-corrected chi connectivity index (χ3v) is 3.80. The molecule has 0 aliphatic heterocycles. The highest BCUT2D eigenvalue weighted by molar-refractivity contribution is 9.10. The number of benzene rings is 2. The molecule has 0 amide bonds. The molecule has 1 N–H and O–H groups in total. The molecule has 1 nitrogen and oxygen atoms in total. The molecular weight excluding hydrogens is 361 g/mol. The summed E-state index contributed by atoms with van der Waals surface area (Å²) in [5.74, 6) is -0.248. The van der Waals surface area contributed by atoms with Crippen LogP contribution in [0.1, 0.15) is 18.5 Å². The van der Waals surface area contributed by atoms with Gasteiger partial charge in [-0.3, -0.25) is 0 Å². The standard InChI is InChI=1S/C14H12Br2FN/c1-9(10-3-2-4-11(15)7-10)18-14-6-5-12(17)8-13(14)16/h2-9,18H,1H3. The van der Waals surface area contributed by atoms with Gasteiger partial charge in [0.2, 0.25) is 0 Å². The fourth-order valence-electron chi connectivity index (χ4n) is 1.70. The van der Waals surface area contributed by atoms with Crippen LogP contribution >= 0.6 is 31.9 Å². The van der Waals surface area contributed by atoms with Gasteiger partial charge in [0.05, 0.1) is 0 Å². The van der Waals surface area contributed by atoms with E-state index in [-0.39, 0.29) is 11.9 Å². The van der Waals surface area contributed by atoms with Crippen molar-refractivity contribution in [1.82, 2.24) is 0 Å². The minimum Gasteiger partial charge on any atom is -0.378 e. The van der Waals surface area contributed by atoms with E-state index in [9.17, 15) is 4.39 Å². The summed E-state index contributed by atoms with van der Waals surface area (Å²) in [6, 6.07) is 12.9. The van der Waals surface area contributed by atoms with Gasteiger partial charge in [0, 0.05) is 20.7 Å². The summed E-state index contributed by atoms with van der Waals surface area (Å²) in [5.41, 5.74) is 2.05. The fourth-order valence-corrected chi connectivity index (χ4v) is 2.58. The van der Waals surface area contributed by atoms with Crippen molar-refractivity contribution < 1.29 is 4.39 Å². The number of hydrogen-bond donors (Lipinski definition) is 1. The van der Waals surface area contributed by atoms with Crippen LogP contribution in [0.2, 0.25) is 0 Å². The van der Waals surface area contributed by atoms with Crippen LogP contribution in [0, 0.1) is 5.82 Å². The molecule has 0 aliphatic carbocycles. The summed E-state index contributed by atoms with van der Waals surface area (Å²) < 4.78 is 14.8. The summed E-state index contributed by atoms with van der Waals surface area (Å²) in [4.78, 5) is 0. The molecule has 4 heteroatoms. The van der Waals surface area contributed by atoms with Gasteiger partial charge in [0.15, 0.2) is 0 Å². The third-order valence-electron chi connectivity index (χ3n) is 2.65. The Kier molecular flexibility index (Phi) is 4.40. The first-order valence-corrected chi connectivity index (χ1v) is 7.12. The maximum Gasteiger partial charge on any atom is 0.124 e. The summed E-state index contributed by atoms with van der Waals surface area (Å²) in [7, 11) is 0. The van der Waals surface area contributed by atoms with Gasteiger partial charge in [-0.1, -0.05) is 28.1 Å². The molecule has 1 unspecified atom stereocenters. The highest BCUT2D eigenvalue weighted by Gasteiger charge is 2.08. The van der Waals surface area contributed by atoms with E-state index in [0.29, 0.717) is 0 Å². The van der Waals surface area contributed by atoms with Gasteiger partial charge >= 0.3 is 0 Å². The second kappa shape index (κ2) is 5.85. The normalized spacial score (nSPS) is 12.2. The van der Waals surface area contributed by atoms with Crippen molar-refractivity contribution in [3.63, 3.8) is 0 Å². The molecule has 0 bridgehead atoms. The van der Waals surface area contributed by atoms with Crippen molar-refractivity contribution in [1.29, 1.82) is 0 Å². The first-order valence-electron chi connectivity index (χ1n) is 5.53. The molecule has 0 saturated carbocycles. The van der Waals surface area contributed by atoms with Crippen LogP contribution in [0.4, 0.5) is 10.1 Å². The lowest BCUT2D eigenvalue weighted by Crippen LogP contribution is -2.07. The topological polar surface area (TPSA) is 12.0 Å². The maximum atomic E-state index is 13.0. The molecule has 0 aliphatic rings. The highest BCUT2D eigenvalue weighted by Crippen LogP contribution is 2.28. The van der Waals surface area contributed by atoms with E-state index in [2.05, 4.69) is 56.2 Å². The van der Waals surface area contributed by atoms with Crippen LogP contribution in [-0.4, -0.2) is 0 Å². The predicted octanol–water partition coefficient (Wildman–Crippen LogP) is 5.52. The first-order chi connectivity index (χ1) is 8.56. The van der Waals surface area contributed by atoms with Crippen molar-refractivity contribution in [2.75, 3.05) is 5.32 Å². The van der Waals surface area contributed by atoms with Crippen LogP contribution in [0.25, 0.3) is 0 Å². The van der Waals surface area contributed by atoms with Gasteiger partial charge in [-0.15, -0.1) is 0 Å². The van der Waals surface area contributed by atoms with Gasteiger partial charge < -0.3 is 5.32 Å². The van der Waals surface area contributed by atoms with Crippen molar-refractivity contribution in [3.8, 4) is 0 Å². The zero-order chi connectivity index (χ0) is 13.1. The van der Waals surface area contributed by atoms with Crippen molar-refractivity contribution in [2.45, 2.75) is 13.0 Å². The Balaban J connectivity index is 2.18. The average molecular weight is 373 g/mol. The number of nitrogens with one attached hydrogen (secondary N) is 1. The third kappa shape index (κ3) is 3.33. The molecule has 0 heterocycles. The van der Waals surface area contributed by atoms with Crippen LogP contribution in [0.15, 0.2) is 51.4 Å². The maximum absolute atomic E-state index is 13.0. The van der Waals surface area contributed by atoms with E-state index in [1.54, 1.807) is 6.07 Å². The molecule has 2 aromatic carbocycles. The van der Waals surface area contributed by atoms with Gasteiger partial charge in [0.1, 0.15) is 5.82 Å². The predicted molar refractivity (Wildman–Crippen MR) is 80.3 cm³/mol. The molecule has 2 rings (SSSR count). The summed E-state index contributed by atoms with van der Waals surface area (Å²) in [6.45, 7) is 2.07. The van der Waals surface area contributed by atoms with Crippen LogP contribution in [0.5, 0.6) is 0 Å². The second-order valence-corrected chi connectivity index (χ2v) is 5.82. The molecular formula is C14H12Br2FN. The monoisotopic (exact) mass is 371 g/mol. The molecule has 0 radical (unpaired) electrons. The molecule has 0 fully saturated rings. The second-order valence-electron chi connectivity index (χ2n) is 4.05. The number of rotatable bonds is 3. The SMILES string of the molecule is CC(Nc1ccc(F)cc1Br)c1cccc(Br)c1. The first kappa shape index (κ1) is 13.6. The minimum absolute atomic E-state index is 0.143. The molecule has 0 aromatic heterocycles. The van der Waals surface area contributed by atoms with E-state index in [0.717, 1.165) is 14.6 Å². The number of anilines is 1. The molecule has 94 valence electrons. The molecule has 0 spiro atoms. The van der Waals surface area contributed by atoms with Crippen molar-refractivity contribution in [2.24, 2.45) is 0 Å². The summed E-state index contributed by atoms with van der Waals surface area (Å²) >= 11 is 6.80. The van der Waals surface area contributed by atoms with E-state index < -0.39 is 0 Å². The minimum atomic E-state index is -0.248. The average Bonchev–Trinajstić information content (AvgIpc) is 2.32. The Bertz CT molecular complexity index is 557. The van der Waals surface area contributed by atoms with Crippen molar-refractivity contribution >= 4 is 37.5 Å². The smallest absolute Gasteiger partial charge is 0.124 e. The quantitative estimate of drug-likeness (QED) is 0.747. The molecule has 2 aromatic rings. The summed E-state index contributed by atoms with van der Waals surface area (Å²) in [6.07, 6.45) is 0. The van der Waals surface area contributed by atoms with Crippen LogP contribution in [0.3, 0.4) is 0 Å². The van der Waals surface area contributed by atoms with Gasteiger partial charge in [-0.2, -0.15) is 0 Å². The Morgan fingerprint density at radius 1 is 1.11 bits per heavy atom. The molecule has 1 atom stereocenters. The molecule has 18 heavy (non-hydrogen) atoms. The Hall–Kier alpha value is -0.870. The highest BCUT2D eigenvalue weighted by atomic mass is 79.9. The van der Waals surface area contributed by atoms with Crippen molar-refractivity contribution in [3.05, 3.63) is 62.8 Å². The summed E-state index contributed by atoms with van der Waals surface area (Å²) in [5, 5.41) is 3.35. The molecule has 0 saturated heterocycles. The lowest BCUT2D eigenvalue weighted by atomic mass is 10.1. The van der Waals surface area contributed by atoms with Crippen LogP contribution in [-0.2, 0) is 0 Å². The van der Waals surface area contributed by atoms with E-state index in [4.69, 9.17) is 0 Å². The fraction of sp³-hybridized carbons (Fsp3) is 0.143. The largest absolute Gasteiger partial charge is 0.378 e. The number of halogens is 3. The lowest BCUT2D eigenvalue weighted by Gasteiger charge is -2.17. The van der Waals surface area contributed by atoms with Gasteiger partial charge in [-0.25, -0.2) is 4.39 Å². The van der Waals surface area contributed by atoms with Crippen LogP contribution < -0.4 is 5.32 Å². The Labute approximate surface area is 123 Å². The zero-order valence-corrected chi connectivity index (χ0v) is 12.9. The van der Waals surface area contributed by atoms with E-state index in [1.807, 2.05) is 12.1 Å². The Morgan fingerprint density at radius 2 is 1.89 bits per heavy atom. The van der Waals surface area contributed by atoms with E-state index >= 15 is 0 Å². The van der Waals surface area contributed by atoms with Gasteiger partial charge in [0.25, 0.3) is 0 Å². The number of hydrogen-bond acceptors (Lipinski definition) is 1. The van der Waals surface area contributed by atoms with E-state index in [1.165, 1.54) is 17.7 Å². The Morgan fingerprint density at radius 3 is 2.56 bits per heavy atom.